The molecule has 0 aliphatic heterocycles. The molecule has 0 spiro atoms. The van der Waals surface area contributed by atoms with Crippen molar-refractivity contribution in [2.24, 2.45) is 0 Å². The molecule has 0 saturated heterocycles. The van der Waals surface area contributed by atoms with Crippen molar-refractivity contribution in [2.75, 3.05) is 13.2 Å². The number of halogens is 1. The van der Waals surface area contributed by atoms with Gasteiger partial charge in [0.2, 0.25) is 0 Å². The van der Waals surface area contributed by atoms with Gasteiger partial charge in [0.05, 0.1) is 6.61 Å². The fourth-order valence-corrected chi connectivity index (χ4v) is 1.41. The summed E-state index contributed by atoms with van der Waals surface area (Å²) in [6.45, 7) is 2.32. The highest BCUT2D eigenvalue weighted by molar-refractivity contribution is 5.34. The molecule has 0 heterocycles. The molecule has 0 saturated carbocycles. The Labute approximate surface area is 89.7 Å². The van der Waals surface area contributed by atoms with E-state index >= 15 is 0 Å². The summed E-state index contributed by atoms with van der Waals surface area (Å²) in [5.41, 5.74) is 0.880. The maximum Gasteiger partial charge on any atom is 0.123 e. The van der Waals surface area contributed by atoms with Crippen LogP contribution in [0.5, 0.6) is 5.75 Å². The molecule has 0 aliphatic carbocycles. The van der Waals surface area contributed by atoms with Crippen molar-refractivity contribution in [3.8, 4) is 5.75 Å². The van der Waals surface area contributed by atoms with Crippen LogP contribution >= 0.6 is 0 Å². The lowest BCUT2D eigenvalue weighted by Crippen LogP contribution is -2.04. The van der Waals surface area contributed by atoms with Crippen LogP contribution in [0, 0.1) is 5.82 Å². The third kappa shape index (κ3) is 3.88. The molecular weight excluding hydrogens is 195 g/mol. The Kier molecular flexibility index (Phi) is 5.12. The van der Waals surface area contributed by atoms with Crippen molar-refractivity contribution >= 4 is 0 Å². The summed E-state index contributed by atoms with van der Waals surface area (Å²) in [6, 6.07) is 4.50. The molecule has 3 heteroatoms. The Morgan fingerprint density at radius 3 is 2.87 bits per heavy atom. The average molecular weight is 212 g/mol. The first-order valence-electron chi connectivity index (χ1n) is 5.30. The highest BCUT2D eigenvalue weighted by Crippen LogP contribution is 2.21. The Hall–Kier alpha value is -1.09. The zero-order valence-electron chi connectivity index (χ0n) is 9.00. The van der Waals surface area contributed by atoms with Crippen molar-refractivity contribution in [3.05, 3.63) is 29.6 Å². The van der Waals surface area contributed by atoms with Crippen molar-refractivity contribution in [1.82, 2.24) is 0 Å². The second-order valence-corrected chi connectivity index (χ2v) is 3.43. The molecule has 0 bridgehead atoms. The molecule has 0 fully saturated rings. The SMILES string of the molecule is CCCCc1cc(F)ccc1OCCO. The third-order valence-electron chi connectivity index (χ3n) is 2.17. The van der Waals surface area contributed by atoms with Crippen LogP contribution in [-0.2, 0) is 6.42 Å². The van der Waals surface area contributed by atoms with Gasteiger partial charge >= 0.3 is 0 Å². The van der Waals surface area contributed by atoms with Crippen LogP contribution in [0.25, 0.3) is 0 Å². The Bertz CT molecular complexity index is 300. The monoisotopic (exact) mass is 212 g/mol. The number of benzene rings is 1. The molecule has 1 aromatic carbocycles. The summed E-state index contributed by atoms with van der Waals surface area (Å²) < 4.78 is 18.3. The predicted molar refractivity (Wildman–Crippen MR) is 57.6 cm³/mol. The van der Waals surface area contributed by atoms with Gasteiger partial charge in [0, 0.05) is 0 Å². The van der Waals surface area contributed by atoms with Crippen LogP contribution in [0.15, 0.2) is 18.2 Å². The van der Waals surface area contributed by atoms with E-state index in [2.05, 4.69) is 6.92 Å². The number of unbranched alkanes of at least 4 members (excludes halogenated alkanes) is 1. The van der Waals surface area contributed by atoms with Crippen LogP contribution in [0.2, 0.25) is 0 Å². The lowest BCUT2D eigenvalue weighted by molar-refractivity contribution is 0.200. The molecule has 0 aliphatic rings. The maximum atomic E-state index is 13.0. The topological polar surface area (TPSA) is 29.5 Å². The summed E-state index contributed by atoms with van der Waals surface area (Å²) in [5, 5.41) is 8.65. The molecule has 0 aromatic heterocycles. The molecule has 0 amide bonds. The zero-order chi connectivity index (χ0) is 11.1. The van der Waals surface area contributed by atoms with Gasteiger partial charge in [-0.2, -0.15) is 0 Å². The van der Waals surface area contributed by atoms with Crippen LogP contribution in [0.1, 0.15) is 25.3 Å². The Morgan fingerprint density at radius 2 is 2.20 bits per heavy atom. The minimum Gasteiger partial charge on any atom is -0.491 e. The normalized spacial score (nSPS) is 10.3. The molecule has 84 valence electrons. The second kappa shape index (κ2) is 6.40. The third-order valence-corrected chi connectivity index (χ3v) is 2.17. The fraction of sp³-hybridized carbons (Fsp3) is 0.500. The van der Waals surface area contributed by atoms with E-state index in [0.29, 0.717) is 5.75 Å². The van der Waals surface area contributed by atoms with Gasteiger partial charge in [0.25, 0.3) is 0 Å². The highest BCUT2D eigenvalue weighted by Gasteiger charge is 2.04. The molecular formula is C12H17FO2. The van der Waals surface area contributed by atoms with E-state index in [9.17, 15) is 4.39 Å². The van der Waals surface area contributed by atoms with Gasteiger partial charge in [0.15, 0.2) is 0 Å². The zero-order valence-corrected chi connectivity index (χ0v) is 9.00. The first kappa shape index (κ1) is 12.0. The maximum absolute atomic E-state index is 13.0. The molecule has 15 heavy (non-hydrogen) atoms. The number of aryl methyl sites for hydroxylation is 1. The minimum absolute atomic E-state index is 0.0232. The number of hydrogen-bond donors (Lipinski definition) is 1. The number of hydrogen-bond acceptors (Lipinski definition) is 2. The molecule has 0 atom stereocenters. The van der Waals surface area contributed by atoms with E-state index in [0.717, 1.165) is 24.8 Å². The van der Waals surface area contributed by atoms with E-state index in [1.165, 1.54) is 12.1 Å². The average Bonchev–Trinajstić information content (AvgIpc) is 2.25. The molecule has 1 N–H and O–H groups in total. The van der Waals surface area contributed by atoms with Crippen LogP contribution in [0.4, 0.5) is 4.39 Å². The second-order valence-electron chi connectivity index (χ2n) is 3.43. The van der Waals surface area contributed by atoms with E-state index in [1.54, 1.807) is 6.07 Å². The van der Waals surface area contributed by atoms with Gasteiger partial charge < -0.3 is 9.84 Å². The lowest BCUT2D eigenvalue weighted by Gasteiger charge is -2.10. The van der Waals surface area contributed by atoms with Crippen LogP contribution < -0.4 is 4.74 Å². The van der Waals surface area contributed by atoms with Gasteiger partial charge in [0.1, 0.15) is 18.2 Å². The highest BCUT2D eigenvalue weighted by atomic mass is 19.1. The van der Waals surface area contributed by atoms with Crippen LogP contribution in [0.3, 0.4) is 0 Å². The number of aliphatic hydroxyl groups excluding tert-OH is 1. The van der Waals surface area contributed by atoms with E-state index in [-0.39, 0.29) is 19.0 Å². The molecule has 1 aromatic rings. The van der Waals surface area contributed by atoms with Crippen molar-refractivity contribution in [1.29, 1.82) is 0 Å². The smallest absolute Gasteiger partial charge is 0.123 e. The minimum atomic E-state index is -0.238. The van der Waals surface area contributed by atoms with E-state index in [1.807, 2.05) is 0 Å². The Morgan fingerprint density at radius 1 is 1.40 bits per heavy atom. The number of aliphatic hydroxyl groups is 1. The van der Waals surface area contributed by atoms with Gasteiger partial charge in [-0.15, -0.1) is 0 Å². The molecule has 1 rings (SSSR count). The van der Waals surface area contributed by atoms with Gasteiger partial charge in [-0.3, -0.25) is 0 Å². The number of ether oxygens (including phenoxy) is 1. The fourth-order valence-electron chi connectivity index (χ4n) is 1.41. The summed E-state index contributed by atoms with van der Waals surface area (Å²) >= 11 is 0. The number of rotatable bonds is 6. The lowest BCUT2D eigenvalue weighted by atomic mass is 10.1. The summed E-state index contributed by atoms with van der Waals surface area (Å²) in [6.07, 6.45) is 2.89. The molecule has 0 radical (unpaired) electrons. The summed E-state index contributed by atoms with van der Waals surface area (Å²) in [4.78, 5) is 0. The van der Waals surface area contributed by atoms with Crippen molar-refractivity contribution in [3.63, 3.8) is 0 Å². The standard InChI is InChI=1S/C12H17FO2/c1-2-3-4-10-9-11(13)5-6-12(10)15-8-7-14/h5-6,9,14H,2-4,7-8H2,1H3. The molecule has 2 nitrogen and oxygen atoms in total. The van der Waals surface area contributed by atoms with E-state index < -0.39 is 0 Å². The quantitative estimate of drug-likeness (QED) is 0.785. The van der Waals surface area contributed by atoms with E-state index in [4.69, 9.17) is 9.84 Å². The first-order valence-corrected chi connectivity index (χ1v) is 5.30. The van der Waals surface area contributed by atoms with Gasteiger partial charge in [-0.1, -0.05) is 13.3 Å². The summed E-state index contributed by atoms with van der Waals surface area (Å²) in [7, 11) is 0. The van der Waals surface area contributed by atoms with Gasteiger partial charge in [-0.05, 0) is 36.6 Å². The largest absolute Gasteiger partial charge is 0.491 e. The van der Waals surface area contributed by atoms with Crippen LogP contribution in [-0.4, -0.2) is 18.3 Å². The predicted octanol–water partition coefficient (Wildman–Crippen LogP) is 2.54. The van der Waals surface area contributed by atoms with Crippen molar-refractivity contribution in [2.45, 2.75) is 26.2 Å². The van der Waals surface area contributed by atoms with Crippen molar-refractivity contribution < 1.29 is 14.2 Å². The first-order chi connectivity index (χ1) is 7.27. The Balaban J connectivity index is 2.73. The van der Waals surface area contributed by atoms with Gasteiger partial charge in [-0.25, -0.2) is 4.39 Å². The molecule has 0 unspecified atom stereocenters. The summed E-state index contributed by atoms with van der Waals surface area (Å²) in [5.74, 6) is 0.441.